The Bertz CT molecular complexity index is 481. The van der Waals surface area contributed by atoms with Gasteiger partial charge in [0.15, 0.2) is 0 Å². The molecule has 1 fully saturated rings. The van der Waals surface area contributed by atoms with Crippen molar-refractivity contribution in [1.29, 1.82) is 0 Å². The Morgan fingerprint density at radius 3 is 2.95 bits per heavy atom. The van der Waals surface area contributed by atoms with Crippen molar-refractivity contribution < 1.29 is 14.6 Å². The molecule has 0 bridgehead atoms. The fraction of sp³-hybridized carbons (Fsp3) is 0.714. The van der Waals surface area contributed by atoms with Gasteiger partial charge in [-0.05, 0) is 44.9 Å². The van der Waals surface area contributed by atoms with Gasteiger partial charge in [0.25, 0.3) is 0 Å². The first-order valence-electron chi connectivity index (χ1n) is 7.04. The lowest BCUT2D eigenvalue weighted by Crippen LogP contribution is -2.17. The van der Waals surface area contributed by atoms with Crippen LogP contribution in [0.3, 0.4) is 0 Å². The van der Waals surface area contributed by atoms with Crippen LogP contribution in [0.1, 0.15) is 60.2 Å². The maximum atomic E-state index is 11.3. The molecule has 1 N–H and O–H groups in total. The SMILES string of the molecule is CCOC(c1nc2c(s1)CCCC2C(=O)O)C1CC1. The maximum Gasteiger partial charge on any atom is 0.312 e. The van der Waals surface area contributed by atoms with Gasteiger partial charge in [0.05, 0.1) is 11.6 Å². The first-order chi connectivity index (χ1) is 9.20. The number of aryl methyl sites for hydroxylation is 1. The zero-order chi connectivity index (χ0) is 13.4. The normalized spacial score (nSPS) is 23.9. The van der Waals surface area contributed by atoms with Crippen LogP contribution in [0.5, 0.6) is 0 Å². The zero-order valence-electron chi connectivity index (χ0n) is 11.1. The van der Waals surface area contributed by atoms with Crippen LogP contribution in [-0.2, 0) is 16.0 Å². The Hall–Kier alpha value is -0.940. The first kappa shape index (κ1) is 13.1. The van der Waals surface area contributed by atoms with E-state index in [1.54, 1.807) is 11.3 Å². The van der Waals surface area contributed by atoms with Crippen molar-refractivity contribution in [2.75, 3.05) is 6.61 Å². The van der Waals surface area contributed by atoms with Crippen LogP contribution < -0.4 is 0 Å². The monoisotopic (exact) mass is 281 g/mol. The maximum absolute atomic E-state index is 11.3. The smallest absolute Gasteiger partial charge is 0.312 e. The van der Waals surface area contributed by atoms with Crippen LogP contribution in [0.25, 0.3) is 0 Å². The van der Waals surface area contributed by atoms with E-state index in [1.807, 2.05) is 6.92 Å². The van der Waals surface area contributed by atoms with Crippen molar-refractivity contribution in [2.45, 2.75) is 51.0 Å². The topological polar surface area (TPSA) is 59.4 Å². The number of thiazole rings is 1. The van der Waals surface area contributed by atoms with E-state index in [9.17, 15) is 9.90 Å². The summed E-state index contributed by atoms with van der Waals surface area (Å²) in [5.41, 5.74) is 0.809. The molecule has 0 amide bonds. The fourth-order valence-electron chi connectivity index (χ4n) is 2.79. The van der Waals surface area contributed by atoms with Crippen molar-refractivity contribution in [3.05, 3.63) is 15.6 Å². The van der Waals surface area contributed by atoms with E-state index in [2.05, 4.69) is 4.98 Å². The largest absolute Gasteiger partial charge is 0.481 e. The third kappa shape index (κ3) is 2.54. The molecule has 4 nitrogen and oxygen atoms in total. The Morgan fingerprint density at radius 1 is 1.53 bits per heavy atom. The van der Waals surface area contributed by atoms with Crippen molar-refractivity contribution in [3.63, 3.8) is 0 Å². The second-order valence-electron chi connectivity index (χ2n) is 5.36. The number of carbonyl (C=O) groups is 1. The number of aromatic nitrogens is 1. The number of hydrogen-bond donors (Lipinski definition) is 1. The molecule has 0 spiro atoms. The second-order valence-corrected chi connectivity index (χ2v) is 6.47. The van der Waals surface area contributed by atoms with Gasteiger partial charge in [-0.2, -0.15) is 0 Å². The summed E-state index contributed by atoms with van der Waals surface area (Å²) < 4.78 is 5.83. The minimum Gasteiger partial charge on any atom is -0.481 e. The number of aliphatic carboxylic acids is 1. The van der Waals surface area contributed by atoms with E-state index in [4.69, 9.17) is 4.74 Å². The average molecular weight is 281 g/mol. The van der Waals surface area contributed by atoms with Crippen LogP contribution >= 0.6 is 11.3 Å². The highest BCUT2D eigenvalue weighted by atomic mass is 32.1. The van der Waals surface area contributed by atoms with Gasteiger partial charge in [0, 0.05) is 11.5 Å². The molecular weight excluding hydrogens is 262 g/mol. The Labute approximate surface area is 116 Å². The molecule has 0 saturated heterocycles. The number of rotatable bonds is 5. The van der Waals surface area contributed by atoms with E-state index in [0.29, 0.717) is 18.9 Å². The quantitative estimate of drug-likeness (QED) is 0.900. The van der Waals surface area contributed by atoms with Crippen LogP contribution in [0.15, 0.2) is 0 Å². The van der Waals surface area contributed by atoms with Crippen molar-refractivity contribution in [3.8, 4) is 0 Å². The molecule has 2 atom stereocenters. The molecule has 0 radical (unpaired) electrons. The van der Waals surface area contributed by atoms with Gasteiger partial charge >= 0.3 is 5.97 Å². The van der Waals surface area contributed by atoms with Gasteiger partial charge in [0.1, 0.15) is 11.1 Å². The van der Waals surface area contributed by atoms with Crippen molar-refractivity contribution in [1.82, 2.24) is 4.98 Å². The van der Waals surface area contributed by atoms with Gasteiger partial charge < -0.3 is 9.84 Å². The highest BCUT2D eigenvalue weighted by Gasteiger charge is 2.37. The zero-order valence-corrected chi connectivity index (χ0v) is 11.9. The third-order valence-corrected chi connectivity index (χ3v) is 5.10. The number of ether oxygens (including phenoxy) is 1. The molecule has 1 aromatic rings. The number of nitrogens with zero attached hydrogens (tertiary/aromatic N) is 1. The summed E-state index contributed by atoms with van der Waals surface area (Å²) in [4.78, 5) is 17.1. The third-order valence-electron chi connectivity index (χ3n) is 3.91. The van der Waals surface area contributed by atoms with Gasteiger partial charge in [-0.15, -0.1) is 11.3 Å². The van der Waals surface area contributed by atoms with Crippen LogP contribution in [-0.4, -0.2) is 22.7 Å². The van der Waals surface area contributed by atoms with Gasteiger partial charge in [0.2, 0.25) is 0 Å². The Kier molecular flexibility index (Phi) is 3.58. The summed E-state index contributed by atoms with van der Waals surface area (Å²) in [7, 11) is 0. The van der Waals surface area contributed by atoms with E-state index in [-0.39, 0.29) is 6.10 Å². The van der Waals surface area contributed by atoms with E-state index < -0.39 is 11.9 Å². The standard InChI is InChI=1S/C14H19NO3S/c1-2-18-12(8-6-7-8)13-15-11-9(14(16)17)4-3-5-10(11)19-13/h8-9,12H,2-7H2,1H3,(H,16,17). The predicted octanol–water partition coefficient (Wildman–Crippen LogP) is 3.14. The van der Waals surface area contributed by atoms with E-state index in [1.165, 1.54) is 17.7 Å². The number of fused-ring (bicyclic) bond motifs is 1. The molecule has 19 heavy (non-hydrogen) atoms. The number of hydrogen-bond acceptors (Lipinski definition) is 4. The first-order valence-corrected chi connectivity index (χ1v) is 7.86. The molecule has 3 rings (SSSR count). The van der Waals surface area contributed by atoms with Crippen molar-refractivity contribution >= 4 is 17.3 Å². The minimum atomic E-state index is -0.739. The molecule has 1 saturated carbocycles. The van der Waals surface area contributed by atoms with Crippen LogP contribution in [0.4, 0.5) is 0 Å². The Balaban J connectivity index is 1.89. The van der Waals surface area contributed by atoms with E-state index in [0.717, 1.165) is 23.5 Å². The lowest BCUT2D eigenvalue weighted by molar-refractivity contribution is -0.139. The highest BCUT2D eigenvalue weighted by molar-refractivity contribution is 7.11. The summed E-state index contributed by atoms with van der Waals surface area (Å²) in [6, 6.07) is 0. The summed E-state index contributed by atoms with van der Waals surface area (Å²) in [6.45, 7) is 2.69. The van der Waals surface area contributed by atoms with Crippen LogP contribution in [0, 0.1) is 5.92 Å². The van der Waals surface area contributed by atoms with Crippen molar-refractivity contribution in [2.24, 2.45) is 5.92 Å². The molecular formula is C14H19NO3S. The lowest BCUT2D eigenvalue weighted by atomic mass is 9.91. The summed E-state index contributed by atoms with van der Waals surface area (Å²) in [5.74, 6) is -0.553. The van der Waals surface area contributed by atoms with Gasteiger partial charge in [-0.1, -0.05) is 0 Å². The molecule has 0 aliphatic heterocycles. The Morgan fingerprint density at radius 2 is 2.32 bits per heavy atom. The molecule has 1 heterocycles. The van der Waals surface area contributed by atoms with E-state index >= 15 is 0 Å². The second kappa shape index (κ2) is 5.21. The summed E-state index contributed by atoms with van der Waals surface area (Å²) in [5, 5.41) is 10.3. The number of carboxylic acids is 1. The molecule has 1 aromatic heterocycles. The van der Waals surface area contributed by atoms with Crippen LogP contribution in [0.2, 0.25) is 0 Å². The molecule has 0 aromatic carbocycles. The lowest BCUT2D eigenvalue weighted by Gasteiger charge is -2.16. The highest BCUT2D eigenvalue weighted by Crippen LogP contribution is 2.46. The minimum absolute atomic E-state index is 0.0926. The number of carboxylic acid groups (broad SMARTS) is 1. The summed E-state index contributed by atoms with van der Waals surface area (Å²) in [6.07, 6.45) is 5.15. The van der Waals surface area contributed by atoms with Gasteiger partial charge in [-0.25, -0.2) is 4.98 Å². The molecule has 2 unspecified atom stereocenters. The summed E-state index contributed by atoms with van der Waals surface area (Å²) >= 11 is 1.67. The molecule has 2 aliphatic carbocycles. The predicted molar refractivity (Wildman–Crippen MR) is 72.5 cm³/mol. The average Bonchev–Trinajstić information content (AvgIpc) is 3.13. The fourth-order valence-corrected chi connectivity index (χ4v) is 4.10. The molecule has 2 aliphatic rings. The van der Waals surface area contributed by atoms with Gasteiger partial charge in [-0.3, -0.25) is 4.79 Å². The molecule has 5 heteroatoms. The molecule has 104 valence electrons.